The Morgan fingerprint density at radius 2 is 1.76 bits per heavy atom. The SMILES string of the molecule is CCOc1ccccc1-c1noc(CN2CCN(C(=O)c3ccccc3)CC2)n1. The van der Waals surface area contributed by atoms with Crippen LogP contribution in [0.1, 0.15) is 23.2 Å². The van der Waals surface area contributed by atoms with Crippen LogP contribution >= 0.6 is 0 Å². The molecule has 2 heterocycles. The number of hydrogen-bond donors (Lipinski definition) is 0. The fraction of sp³-hybridized carbons (Fsp3) is 0.318. The molecule has 3 aromatic rings. The van der Waals surface area contributed by atoms with Crippen LogP contribution in [0.2, 0.25) is 0 Å². The molecule has 0 unspecified atom stereocenters. The first-order valence-corrected chi connectivity index (χ1v) is 9.86. The van der Waals surface area contributed by atoms with Gasteiger partial charge in [-0.1, -0.05) is 35.5 Å². The van der Waals surface area contributed by atoms with E-state index in [9.17, 15) is 4.79 Å². The average molecular weight is 392 g/mol. The van der Waals surface area contributed by atoms with Crippen molar-refractivity contribution in [2.45, 2.75) is 13.5 Å². The van der Waals surface area contributed by atoms with Crippen molar-refractivity contribution in [2.24, 2.45) is 0 Å². The van der Waals surface area contributed by atoms with Crippen molar-refractivity contribution in [1.82, 2.24) is 19.9 Å². The number of rotatable bonds is 6. The summed E-state index contributed by atoms with van der Waals surface area (Å²) in [4.78, 5) is 21.2. The average Bonchev–Trinajstić information content (AvgIpc) is 3.23. The van der Waals surface area contributed by atoms with Crippen LogP contribution in [0.25, 0.3) is 11.4 Å². The van der Waals surface area contributed by atoms with Crippen molar-refractivity contribution < 1.29 is 14.1 Å². The summed E-state index contributed by atoms with van der Waals surface area (Å²) in [6.07, 6.45) is 0. The third kappa shape index (κ3) is 4.46. The number of piperazine rings is 1. The van der Waals surface area contributed by atoms with E-state index in [-0.39, 0.29) is 5.91 Å². The number of para-hydroxylation sites is 1. The summed E-state index contributed by atoms with van der Waals surface area (Å²) in [7, 11) is 0. The van der Waals surface area contributed by atoms with Crippen molar-refractivity contribution in [3.05, 3.63) is 66.1 Å². The summed E-state index contributed by atoms with van der Waals surface area (Å²) < 4.78 is 11.1. The Bertz CT molecular complexity index is 949. The molecule has 0 atom stereocenters. The lowest BCUT2D eigenvalue weighted by Crippen LogP contribution is -2.48. The number of nitrogens with zero attached hydrogens (tertiary/aromatic N) is 4. The second kappa shape index (κ2) is 8.87. The van der Waals surface area contributed by atoms with Gasteiger partial charge in [0.2, 0.25) is 11.7 Å². The van der Waals surface area contributed by atoms with Crippen LogP contribution in [0.5, 0.6) is 5.75 Å². The topological polar surface area (TPSA) is 71.7 Å². The molecule has 4 rings (SSSR count). The molecular weight excluding hydrogens is 368 g/mol. The minimum Gasteiger partial charge on any atom is -0.493 e. The minimum atomic E-state index is 0.0813. The number of carbonyl (C=O) groups is 1. The molecule has 1 aliphatic heterocycles. The van der Waals surface area contributed by atoms with Gasteiger partial charge in [0.05, 0.1) is 18.7 Å². The maximum Gasteiger partial charge on any atom is 0.253 e. The van der Waals surface area contributed by atoms with Crippen LogP contribution in [0.4, 0.5) is 0 Å². The van der Waals surface area contributed by atoms with E-state index >= 15 is 0 Å². The van der Waals surface area contributed by atoms with Crippen molar-refractivity contribution in [2.75, 3.05) is 32.8 Å². The molecule has 1 fully saturated rings. The van der Waals surface area contributed by atoms with Crippen LogP contribution in [0, 0.1) is 0 Å². The zero-order valence-corrected chi connectivity index (χ0v) is 16.5. The Kier molecular flexibility index (Phi) is 5.86. The molecule has 0 N–H and O–H groups in total. The van der Waals surface area contributed by atoms with Gasteiger partial charge in [0, 0.05) is 31.7 Å². The molecular formula is C22H24N4O3. The molecule has 7 heteroatoms. The molecule has 0 spiro atoms. The summed E-state index contributed by atoms with van der Waals surface area (Å²) >= 11 is 0. The predicted molar refractivity (Wildman–Crippen MR) is 109 cm³/mol. The Hall–Kier alpha value is -3.19. The van der Waals surface area contributed by atoms with E-state index in [0.717, 1.165) is 30.0 Å². The number of benzene rings is 2. The normalized spacial score (nSPS) is 14.7. The molecule has 1 amide bonds. The predicted octanol–water partition coefficient (Wildman–Crippen LogP) is 3.09. The van der Waals surface area contributed by atoms with Crippen molar-refractivity contribution in [1.29, 1.82) is 0 Å². The standard InChI is InChI=1S/C22H24N4O3/c1-2-28-19-11-7-6-10-18(19)21-23-20(29-24-21)16-25-12-14-26(15-13-25)22(27)17-8-4-3-5-9-17/h3-11H,2,12-16H2,1H3. The van der Waals surface area contributed by atoms with Crippen LogP contribution in [0.3, 0.4) is 0 Å². The van der Waals surface area contributed by atoms with E-state index in [0.29, 0.717) is 38.0 Å². The summed E-state index contributed by atoms with van der Waals surface area (Å²) in [6.45, 7) is 5.99. The first kappa shape index (κ1) is 19.1. The van der Waals surface area contributed by atoms with E-state index in [1.165, 1.54) is 0 Å². The Labute approximate surface area is 169 Å². The number of ether oxygens (including phenoxy) is 1. The van der Waals surface area contributed by atoms with Gasteiger partial charge in [-0.2, -0.15) is 4.98 Å². The molecule has 29 heavy (non-hydrogen) atoms. The lowest BCUT2D eigenvalue weighted by atomic mass is 10.2. The lowest BCUT2D eigenvalue weighted by Gasteiger charge is -2.34. The quantitative estimate of drug-likeness (QED) is 0.642. The molecule has 0 saturated carbocycles. The van der Waals surface area contributed by atoms with E-state index in [2.05, 4.69) is 15.0 Å². The van der Waals surface area contributed by atoms with Crippen LogP contribution in [-0.2, 0) is 6.54 Å². The highest BCUT2D eigenvalue weighted by atomic mass is 16.5. The van der Waals surface area contributed by atoms with Crippen LogP contribution in [0.15, 0.2) is 59.1 Å². The minimum absolute atomic E-state index is 0.0813. The molecule has 1 aliphatic rings. The fourth-order valence-electron chi connectivity index (χ4n) is 3.42. The van der Waals surface area contributed by atoms with Gasteiger partial charge in [0.1, 0.15) is 5.75 Å². The van der Waals surface area contributed by atoms with Crippen molar-refractivity contribution in [3.8, 4) is 17.1 Å². The van der Waals surface area contributed by atoms with E-state index < -0.39 is 0 Å². The van der Waals surface area contributed by atoms with Crippen LogP contribution in [-0.4, -0.2) is 58.6 Å². The Morgan fingerprint density at radius 3 is 2.52 bits per heavy atom. The second-order valence-corrected chi connectivity index (χ2v) is 6.88. The lowest BCUT2D eigenvalue weighted by molar-refractivity contribution is 0.0615. The van der Waals surface area contributed by atoms with Gasteiger partial charge in [0.25, 0.3) is 5.91 Å². The van der Waals surface area contributed by atoms with Gasteiger partial charge in [-0.25, -0.2) is 0 Å². The number of aromatic nitrogens is 2. The summed E-state index contributed by atoms with van der Waals surface area (Å²) in [5, 5.41) is 4.12. The van der Waals surface area contributed by atoms with Gasteiger partial charge in [-0.15, -0.1) is 0 Å². The Morgan fingerprint density at radius 1 is 1.03 bits per heavy atom. The van der Waals surface area contributed by atoms with Gasteiger partial charge >= 0.3 is 0 Å². The molecule has 7 nitrogen and oxygen atoms in total. The fourth-order valence-corrected chi connectivity index (χ4v) is 3.42. The zero-order valence-electron chi connectivity index (χ0n) is 16.5. The maximum atomic E-state index is 12.6. The molecule has 1 saturated heterocycles. The molecule has 2 aromatic carbocycles. The highest BCUT2D eigenvalue weighted by Gasteiger charge is 2.23. The molecule has 1 aromatic heterocycles. The van der Waals surface area contributed by atoms with E-state index in [1.54, 1.807) is 0 Å². The molecule has 150 valence electrons. The zero-order chi connectivity index (χ0) is 20.1. The first-order chi connectivity index (χ1) is 14.2. The van der Waals surface area contributed by atoms with Gasteiger partial charge in [-0.3, -0.25) is 9.69 Å². The maximum absolute atomic E-state index is 12.6. The van der Waals surface area contributed by atoms with E-state index in [4.69, 9.17) is 9.26 Å². The summed E-state index contributed by atoms with van der Waals surface area (Å²) in [5.41, 5.74) is 1.55. The summed E-state index contributed by atoms with van der Waals surface area (Å²) in [5.74, 6) is 1.92. The third-order valence-corrected chi connectivity index (χ3v) is 4.94. The highest BCUT2D eigenvalue weighted by molar-refractivity contribution is 5.94. The molecule has 0 aliphatic carbocycles. The Balaban J connectivity index is 1.36. The molecule has 0 radical (unpaired) electrons. The smallest absolute Gasteiger partial charge is 0.253 e. The van der Waals surface area contributed by atoms with Crippen LogP contribution < -0.4 is 4.74 Å². The largest absolute Gasteiger partial charge is 0.493 e. The number of carbonyl (C=O) groups excluding carboxylic acids is 1. The van der Waals surface area contributed by atoms with Crippen molar-refractivity contribution >= 4 is 5.91 Å². The first-order valence-electron chi connectivity index (χ1n) is 9.86. The van der Waals surface area contributed by atoms with Gasteiger partial charge < -0.3 is 14.2 Å². The monoisotopic (exact) mass is 392 g/mol. The highest BCUT2D eigenvalue weighted by Crippen LogP contribution is 2.27. The third-order valence-electron chi connectivity index (χ3n) is 4.94. The van der Waals surface area contributed by atoms with Gasteiger partial charge in [-0.05, 0) is 31.2 Å². The van der Waals surface area contributed by atoms with Crippen molar-refractivity contribution in [3.63, 3.8) is 0 Å². The van der Waals surface area contributed by atoms with E-state index in [1.807, 2.05) is 66.4 Å². The summed E-state index contributed by atoms with van der Waals surface area (Å²) in [6, 6.07) is 17.1. The molecule has 0 bridgehead atoms. The second-order valence-electron chi connectivity index (χ2n) is 6.88. The number of hydrogen-bond acceptors (Lipinski definition) is 6. The van der Waals surface area contributed by atoms with Gasteiger partial charge in [0.15, 0.2) is 0 Å². The number of amides is 1.